The molecule has 0 radical (unpaired) electrons. The van der Waals surface area contributed by atoms with Gasteiger partial charge < -0.3 is 9.88 Å². The zero-order chi connectivity index (χ0) is 12.4. The maximum Gasteiger partial charge on any atom is 0.0459 e. The molecule has 0 amide bonds. The number of nitrogens with zero attached hydrogens (tertiary/aromatic N) is 1. The van der Waals surface area contributed by atoms with Crippen molar-refractivity contribution in [1.29, 1.82) is 0 Å². The van der Waals surface area contributed by atoms with E-state index in [1.807, 2.05) is 0 Å². The van der Waals surface area contributed by atoms with Gasteiger partial charge in [0.1, 0.15) is 0 Å². The van der Waals surface area contributed by atoms with Gasteiger partial charge in [-0.15, -0.1) is 0 Å². The molecule has 1 aromatic heterocycles. The van der Waals surface area contributed by atoms with E-state index in [4.69, 9.17) is 0 Å². The lowest BCUT2D eigenvalue weighted by Crippen LogP contribution is -2.11. The summed E-state index contributed by atoms with van der Waals surface area (Å²) in [6.07, 6.45) is 2.32. The molecule has 0 saturated carbocycles. The second-order valence-electron chi connectivity index (χ2n) is 5.12. The van der Waals surface area contributed by atoms with E-state index in [0.29, 0.717) is 0 Å². The lowest BCUT2D eigenvalue weighted by Gasteiger charge is -2.11. The number of aromatic amines is 1. The van der Waals surface area contributed by atoms with Gasteiger partial charge in [-0.25, -0.2) is 0 Å². The summed E-state index contributed by atoms with van der Waals surface area (Å²) in [7, 11) is 4.26. The highest BCUT2D eigenvalue weighted by Crippen LogP contribution is 2.25. The van der Waals surface area contributed by atoms with E-state index in [1.54, 1.807) is 0 Å². The van der Waals surface area contributed by atoms with E-state index in [1.165, 1.54) is 34.1 Å². The summed E-state index contributed by atoms with van der Waals surface area (Å²) in [5, 5.41) is 1.39. The SMILES string of the molecule is CCCc1[nH]c2ccc(C)cc2c1CN(C)C. The van der Waals surface area contributed by atoms with Crippen molar-refractivity contribution in [3.63, 3.8) is 0 Å². The number of nitrogens with one attached hydrogen (secondary N) is 1. The molecule has 2 heteroatoms. The van der Waals surface area contributed by atoms with Crippen molar-refractivity contribution in [3.8, 4) is 0 Å². The van der Waals surface area contributed by atoms with Crippen LogP contribution in [0.2, 0.25) is 0 Å². The van der Waals surface area contributed by atoms with Crippen molar-refractivity contribution in [2.45, 2.75) is 33.2 Å². The number of H-pyrrole nitrogens is 1. The fourth-order valence-electron chi connectivity index (χ4n) is 2.38. The van der Waals surface area contributed by atoms with Crippen LogP contribution >= 0.6 is 0 Å². The molecule has 0 aliphatic carbocycles. The van der Waals surface area contributed by atoms with Gasteiger partial charge in [0.25, 0.3) is 0 Å². The van der Waals surface area contributed by atoms with Gasteiger partial charge in [0.05, 0.1) is 0 Å². The molecule has 1 heterocycles. The van der Waals surface area contributed by atoms with E-state index in [9.17, 15) is 0 Å². The highest BCUT2D eigenvalue weighted by molar-refractivity contribution is 5.85. The molecule has 0 fully saturated rings. The van der Waals surface area contributed by atoms with Gasteiger partial charge in [-0.05, 0) is 45.1 Å². The van der Waals surface area contributed by atoms with Crippen LogP contribution in [0.3, 0.4) is 0 Å². The minimum absolute atomic E-state index is 1.01. The van der Waals surface area contributed by atoms with Gasteiger partial charge in [0, 0.05) is 23.1 Å². The molecule has 0 atom stereocenters. The van der Waals surface area contributed by atoms with Crippen LogP contribution in [-0.2, 0) is 13.0 Å². The normalized spacial score (nSPS) is 11.6. The van der Waals surface area contributed by atoms with Gasteiger partial charge in [0.15, 0.2) is 0 Å². The predicted molar refractivity (Wildman–Crippen MR) is 74.4 cm³/mol. The monoisotopic (exact) mass is 230 g/mol. The first kappa shape index (κ1) is 12.2. The lowest BCUT2D eigenvalue weighted by molar-refractivity contribution is 0.402. The van der Waals surface area contributed by atoms with Crippen molar-refractivity contribution in [2.24, 2.45) is 0 Å². The van der Waals surface area contributed by atoms with Gasteiger partial charge in [-0.1, -0.05) is 25.0 Å². The Balaban J connectivity index is 2.55. The lowest BCUT2D eigenvalue weighted by atomic mass is 10.1. The molecule has 0 spiro atoms. The molecule has 0 aliphatic rings. The Hall–Kier alpha value is -1.28. The number of aryl methyl sites for hydroxylation is 2. The van der Waals surface area contributed by atoms with Crippen LogP contribution in [0.15, 0.2) is 18.2 Å². The Bertz CT molecular complexity index is 509. The van der Waals surface area contributed by atoms with Crippen LogP contribution in [0.25, 0.3) is 10.9 Å². The molecule has 0 bridgehead atoms. The largest absolute Gasteiger partial charge is 0.358 e. The number of aromatic nitrogens is 1. The second-order valence-corrected chi connectivity index (χ2v) is 5.12. The quantitative estimate of drug-likeness (QED) is 0.852. The van der Waals surface area contributed by atoms with Crippen LogP contribution in [0.4, 0.5) is 0 Å². The van der Waals surface area contributed by atoms with Crippen molar-refractivity contribution in [1.82, 2.24) is 9.88 Å². The molecule has 1 aromatic carbocycles. The van der Waals surface area contributed by atoms with E-state index in [0.717, 1.165) is 13.0 Å². The number of fused-ring (bicyclic) bond motifs is 1. The van der Waals surface area contributed by atoms with Crippen LogP contribution < -0.4 is 0 Å². The maximum absolute atomic E-state index is 3.57. The number of hydrogen-bond donors (Lipinski definition) is 1. The molecule has 2 rings (SSSR count). The third-order valence-electron chi connectivity index (χ3n) is 3.12. The van der Waals surface area contributed by atoms with Crippen LogP contribution in [0.1, 0.15) is 30.2 Å². The first-order chi connectivity index (χ1) is 8.11. The third-order valence-corrected chi connectivity index (χ3v) is 3.12. The molecule has 92 valence electrons. The molecule has 2 aromatic rings. The minimum atomic E-state index is 1.01. The fraction of sp³-hybridized carbons (Fsp3) is 0.467. The van der Waals surface area contributed by atoms with Crippen molar-refractivity contribution in [3.05, 3.63) is 35.0 Å². The molecular weight excluding hydrogens is 208 g/mol. The van der Waals surface area contributed by atoms with E-state index in [2.05, 4.69) is 56.0 Å². The first-order valence-electron chi connectivity index (χ1n) is 6.36. The zero-order valence-electron chi connectivity index (χ0n) is 11.3. The Morgan fingerprint density at radius 1 is 1.24 bits per heavy atom. The number of hydrogen-bond acceptors (Lipinski definition) is 1. The highest BCUT2D eigenvalue weighted by atomic mass is 15.1. The molecule has 0 saturated heterocycles. The molecular formula is C15H22N2. The minimum Gasteiger partial charge on any atom is -0.358 e. The Morgan fingerprint density at radius 3 is 2.65 bits per heavy atom. The Kier molecular flexibility index (Phi) is 3.53. The summed E-state index contributed by atoms with van der Waals surface area (Å²) in [5.74, 6) is 0. The molecule has 17 heavy (non-hydrogen) atoms. The molecule has 0 unspecified atom stereocenters. The summed E-state index contributed by atoms with van der Waals surface area (Å²) in [6.45, 7) is 5.40. The molecule has 0 aliphatic heterocycles. The average molecular weight is 230 g/mol. The fourth-order valence-corrected chi connectivity index (χ4v) is 2.38. The highest BCUT2D eigenvalue weighted by Gasteiger charge is 2.11. The first-order valence-corrected chi connectivity index (χ1v) is 6.36. The summed E-state index contributed by atoms with van der Waals surface area (Å²) in [6, 6.07) is 6.67. The summed E-state index contributed by atoms with van der Waals surface area (Å²) in [4.78, 5) is 5.81. The Morgan fingerprint density at radius 2 is 2.00 bits per heavy atom. The number of rotatable bonds is 4. The van der Waals surface area contributed by atoms with Crippen LogP contribution in [0.5, 0.6) is 0 Å². The average Bonchev–Trinajstić information content (AvgIpc) is 2.57. The van der Waals surface area contributed by atoms with Crippen molar-refractivity contribution in [2.75, 3.05) is 14.1 Å². The number of benzene rings is 1. The van der Waals surface area contributed by atoms with Crippen molar-refractivity contribution >= 4 is 10.9 Å². The van der Waals surface area contributed by atoms with E-state index >= 15 is 0 Å². The zero-order valence-corrected chi connectivity index (χ0v) is 11.3. The van der Waals surface area contributed by atoms with Crippen LogP contribution in [-0.4, -0.2) is 24.0 Å². The summed E-state index contributed by atoms with van der Waals surface area (Å²) in [5.41, 5.74) is 5.48. The smallest absolute Gasteiger partial charge is 0.0459 e. The summed E-state index contributed by atoms with van der Waals surface area (Å²) >= 11 is 0. The van der Waals surface area contributed by atoms with E-state index < -0.39 is 0 Å². The third kappa shape index (κ3) is 2.52. The van der Waals surface area contributed by atoms with Gasteiger partial charge >= 0.3 is 0 Å². The van der Waals surface area contributed by atoms with E-state index in [-0.39, 0.29) is 0 Å². The maximum atomic E-state index is 3.57. The second kappa shape index (κ2) is 4.92. The van der Waals surface area contributed by atoms with Gasteiger partial charge in [-0.3, -0.25) is 0 Å². The van der Waals surface area contributed by atoms with Gasteiger partial charge in [-0.2, -0.15) is 0 Å². The Labute approximate surface area is 104 Å². The van der Waals surface area contributed by atoms with Crippen molar-refractivity contribution < 1.29 is 0 Å². The molecule has 1 N–H and O–H groups in total. The van der Waals surface area contributed by atoms with Gasteiger partial charge in [0.2, 0.25) is 0 Å². The van der Waals surface area contributed by atoms with Crippen LogP contribution in [0, 0.1) is 6.92 Å². The topological polar surface area (TPSA) is 19.0 Å². The summed E-state index contributed by atoms with van der Waals surface area (Å²) < 4.78 is 0. The molecule has 2 nitrogen and oxygen atoms in total. The standard InChI is InChI=1S/C15H22N2/c1-5-6-14-13(10-17(3)4)12-9-11(2)7-8-15(12)16-14/h7-9,16H,5-6,10H2,1-4H3. The predicted octanol–water partition coefficient (Wildman–Crippen LogP) is 3.49.